The van der Waals surface area contributed by atoms with Crippen LogP contribution < -0.4 is 4.74 Å². The van der Waals surface area contributed by atoms with Gasteiger partial charge in [0.2, 0.25) is 0 Å². The van der Waals surface area contributed by atoms with Crippen molar-refractivity contribution in [3.8, 4) is 5.75 Å². The van der Waals surface area contributed by atoms with E-state index < -0.39 is 17.4 Å². The van der Waals surface area contributed by atoms with E-state index in [0.29, 0.717) is 6.29 Å². The number of halogens is 2. The molecule has 0 fully saturated rings. The zero-order valence-corrected chi connectivity index (χ0v) is 9.70. The highest BCUT2D eigenvalue weighted by atomic mass is 19.1. The van der Waals surface area contributed by atoms with Gasteiger partial charge in [0.05, 0.1) is 12.7 Å². The van der Waals surface area contributed by atoms with Crippen LogP contribution in [0.15, 0.2) is 12.1 Å². The minimum atomic E-state index is -0.892. The predicted molar refractivity (Wildman–Crippen MR) is 58.3 cm³/mol. The fourth-order valence-corrected chi connectivity index (χ4v) is 1.21. The summed E-state index contributed by atoms with van der Waals surface area (Å²) in [5.74, 6) is -2.27. The lowest BCUT2D eigenvalue weighted by atomic mass is 10.2. The molecule has 0 spiro atoms. The topological polar surface area (TPSA) is 35.5 Å². The third-order valence-electron chi connectivity index (χ3n) is 1.94. The number of rotatable bonds is 6. The van der Waals surface area contributed by atoms with E-state index in [0.717, 1.165) is 12.1 Å². The second-order valence-electron chi connectivity index (χ2n) is 3.70. The Balaban J connectivity index is 2.62. The Morgan fingerprint density at radius 1 is 1.24 bits per heavy atom. The van der Waals surface area contributed by atoms with Gasteiger partial charge in [-0.05, 0) is 26.0 Å². The maximum Gasteiger partial charge on any atom is 0.190 e. The molecule has 1 rings (SSSR count). The highest BCUT2D eigenvalue weighted by molar-refractivity contribution is 5.75. The summed E-state index contributed by atoms with van der Waals surface area (Å²) in [5.41, 5.74) is -0.0641. The van der Waals surface area contributed by atoms with Crippen LogP contribution >= 0.6 is 0 Å². The number of carbonyl (C=O) groups excluding carboxylic acids is 1. The van der Waals surface area contributed by atoms with E-state index in [1.807, 2.05) is 13.8 Å². The number of benzene rings is 1. The van der Waals surface area contributed by atoms with E-state index in [4.69, 9.17) is 9.47 Å². The standard InChI is InChI=1S/C12H14F2O3/c1-8(2)16-3-4-17-12-10(13)5-9(7-15)6-11(12)14/h5-8H,3-4H2,1-2H3. The first kappa shape index (κ1) is 13.6. The van der Waals surface area contributed by atoms with Crippen molar-refractivity contribution in [3.63, 3.8) is 0 Å². The van der Waals surface area contributed by atoms with Crippen molar-refractivity contribution in [1.82, 2.24) is 0 Å². The minimum Gasteiger partial charge on any atom is -0.485 e. The molecule has 0 aliphatic rings. The molecule has 0 aromatic heterocycles. The Bertz CT molecular complexity index is 368. The molecule has 1 aromatic carbocycles. The first-order valence-corrected chi connectivity index (χ1v) is 5.23. The van der Waals surface area contributed by atoms with Crippen molar-refractivity contribution in [2.75, 3.05) is 13.2 Å². The molecule has 0 amide bonds. The molecule has 17 heavy (non-hydrogen) atoms. The Labute approximate surface area is 98.3 Å². The van der Waals surface area contributed by atoms with Crippen molar-refractivity contribution >= 4 is 6.29 Å². The molecule has 5 heteroatoms. The van der Waals surface area contributed by atoms with Crippen molar-refractivity contribution in [3.05, 3.63) is 29.3 Å². The SMILES string of the molecule is CC(C)OCCOc1c(F)cc(C=O)cc1F. The lowest BCUT2D eigenvalue weighted by molar-refractivity contribution is 0.0535. The number of hydrogen-bond donors (Lipinski definition) is 0. The summed E-state index contributed by atoms with van der Waals surface area (Å²) in [4.78, 5) is 10.4. The van der Waals surface area contributed by atoms with E-state index in [2.05, 4.69) is 0 Å². The van der Waals surface area contributed by atoms with Crippen molar-refractivity contribution in [2.45, 2.75) is 20.0 Å². The highest BCUT2D eigenvalue weighted by Gasteiger charge is 2.12. The van der Waals surface area contributed by atoms with Crippen molar-refractivity contribution < 1.29 is 23.0 Å². The molecule has 0 saturated carbocycles. The molecule has 0 heterocycles. The van der Waals surface area contributed by atoms with E-state index in [-0.39, 0.29) is 24.9 Å². The van der Waals surface area contributed by atoms with Crippen LogP contribution in [0, 0.1) is 11.6 Å². The van der Waals surface area contributed by atoms with E-state index in [9.17, 15) is 13.6 Å². The third kappa shape index (κ3) is 4.11. The quantitative estimate of drug-likeness (QED) is 0.570. The van der Waals surface area contributed by atoms with Crippen LogP contribution in [-0.4, -0.2) is 25.6 Å². The number of carbonyl (C=O) groups is 1. The van der Waals surface area contributed by atoms with Gasteiger partial charge in [0.1, 0.15) is 12.9 Å². The van der Waals surface area contributed by atoms with E-state index in [1.54, 1.807) is 0 Å². The maximum absolute atomic E-state index is 13.3. The van der Waals surface area contributed by atoms with Gasteiger partial charge in [0.25, 0.3) is 0 Å². The first-order valence-electron chi connectivity index (χ1n) is 5.23. The summed E-state index contributed by atoms with van der Waals surface area (Å²) >= 11 is 0. The smallest absolute Gasteiger partial charge is 0.190 e. The largest absolute Gasteiger partial charge is 0.485 e. The molecule has 1 aromatic rings. The van der Waals surface area contributed by atoms with Crippen LogP contribution in [0.2, 0.25) is 0 Å². The van der Waals surface area contributed by atoms with Gasteiger partial charge >= 0.3 is 0 Å². The third-order valence-corrected chi connectivity index (χ3v) is 1.94. The summed E-state index contributed by atoms with van der Waals surface area (Å²) < 4.78 is 36.7. The molecule has 0 unspecified atom stereocenters. The van der Waals surface area contributed by atoms with Crippen LogP contribution in [-0.2, 0) is 4.74 Å². The summed E-state index contributed by atoms with van der Waals surface area (Å²) in [6.07, 6.45) is 0.406. The van der Waals surface area contributed by atoms with Gasteiger partial charge in [0.15, 0.2) is 17.4 Å². The van der Waals surface area contributed by atoms with Crippen molar-refractivity contribution in [2.24, 2.45) is 0 Å². The van der Waals surface area contributed by atoms with Crippen LogP contribution in [0.25, 0.3) is 0 Å². The van der Waals surface area contributed by atoms with E-state index >= 15 is 0 Å². The molecule has 0 aliphatic heterocycles. The minimum absolute atomic E-state index is 0.0331. The lowest BCUT2D eigenvalue weighted by Gasteiger charge is -2.10. The zero-order valence-electron chi connectivity index (χ0n) is 9.70. The molecular formula is C12H14F2O3. The van der Waals surface area contributed by atoms with Gasteiger partial charge in [-0.3, -0.25) is 4.79 Å². The molecule has 0 bridgehead atoms. The Hall–Kier alpha value is -1.49. The predicted octanol–water partition coefficient (Wildman–Crippen LogP) is 2.58. The van der Waals surface area contributed by atoms with Gasteiger partial charge in [-0.2, -0.15) is 0 Å². The number of ether oxygens (including phenoxy) is 2. The second kappa shape index (κ2) is 6.30. The zero-order chi connectivity index (χ0) is 12.8. The Kier molecular flexibility index (Phi) is 5.03. The number of aldehydes is 1. The monoisotopic (exact) mass is 244 g/mol. The van der Waals surface area contributed by atoms with Crippen LogP contribution in [0.4, 0.5) is 8.78 Å². The Morgan fingerprint density at radius 2 is 1.82 bits per heavy atom. The summed E-state index contributed by atoms with van der Waals surface area (Å²) in [6.45, 7) is 3.98. The molecule has 94 valence electrons. The second-order valence-corrected chi connectivity index (χ2v) is 3.70. The highest BCUT2D eigenvalue weighted by Crippen LogP contribution is 2.22. The Morgan fingerprint density at radius 3 is 2.29 bits per heavy atom. The fourth-order valence-electron chi connectivity index (χ4n) is 1.21. The van der Waals surface area contributed by atoms with Crippen LogP contribution in [0.1, 0.15) is 24.2 Å². The van der Waals surface area contributed by atoms with Gasteiger partial charge in [0, 0.05) is 5.56 Å². The normalized spacial score (nSPS) is 10.6. The average Bonchev–Trinajstić information content (AvgIpc) is 2.26. The molecule has 0 N–H and O–H groups in total. The van der Waals surface area contributed by atoms with Gasteiger partial charge in [-0.25, -0.2) is 8.78 Å². The summed E-state index contributed by atoms with van der Waals surface area (Å²) in [5, 5.41) is 0. The van der Waals surface area contributed by atoms with Gasteiger partial charge < -0.3 is 9.47 Å². The van der Waals surface area contributed by atoms with Gasteiger partial charge in [-0.15, -0.1) is 0 Å². The fraction of sp³-hybridized carbons (Fsp3) is 0.417. The first-order chi connectivity index (χ1) is 8.04. The number of hydrogen-bond acceptors (Lipinski definition) is 3. The van der Waals surface area contributed by atoms with Gasteiger partial charge in [-0.1, -0.05) is 0 Å². The molecule has 0 radical (unpaired) electrons. The molecule has 3 nitrogen and oxygen atoms in total. The summed E-state index contributed by atoms with van der Waals surface area (Å²) in [7, 11) is 0. The molecule has 0 aliphatic carbocycles. The average molecular weight is 244 g/mol. The van der Waals surface area contributed by atoms with Crippen LogP contribution in [0.5, 0.6) is 5.75 Å². The van der Waals surface area contributed by atoms with E-state index in [1.165, 1.54) is 0 Å². The summed E-state index contributed by atoms with van der Waals surface area (Å²) in [6, 6.07) is 1.85. The molecular weight excluding hydrogens is 230 g/mol. The van der Waals surface area contributed by atoms with Crippen LogP contribution in [0.3, 0.4) is 0 Å². The molecule has 0 saturated heterocycles. The maximum atomic E-state index is 13.3. The lowest BCUT2D eigenvalue weighted by Crippen LogP contribution is -2.12. The van der Waals surface area contributed by atoms with Crippen molar-refractivity contribution in [1.29, 1.82) is 0 Å². The molecule has 0 atom stereocenters.